The van der Waals surface area contributed by atoms with Crippen LogP contribution in [0.15, 0.2) is 10.9 Å². The molecule has 1 atom stereocenters. The molecule has 0 aliphatic rings. The SMILES string of the molecule is CCC(C)(CC(C)(C)C(=O)OCCNC(=O)Nc1nc(C)cc(=O)[nH]1)C(=O)OCCO. The monoisotopic (exact) mass is 440 g/mol. The van der Waals surface area contributed by atoms with E-state index in [2.05, 4.69) is 20.6 Å². The van der Waals surface area contributed by atoms with Crippen LogP contribution in [0.1, 0.15) is 46.2 Å². The lowest BCUT2D eigenvalue weighted by atomic mass is 9.72. The highest BCUT2D eigenvalue weighted by atomic mass is 16.5. The first kappa shape index (κ1) is 26.1. The number of anilines is 1. The van der Waals surface area contributed by atoms with Gasteiger partial charge >= 0.3 is 18.0 Å². The van der Waals surface area contributed by atoms with Gasteiger partial charge < -0.3 is 19.9 Å². The molecule has 11 heteroatoms. The van der Waals surface area contributed by atoms with E-state index in [0.717, 1.165) is 0 Å². The molecule has 0 aliphatic heterocycles. The average molecular weight is 440 g/mol. The Labute approximate surface area is 180 Å². The summed E-state index contributed by atoms with van der Waals surface area (Å²) in [5.74, 6) is -0.993. The van der Waals surface area contributed by atoms with E-state index in [1.54, 1.807) is 27.7 Å². The Morgan fingerprint density at radius 2 is 1.81 bits per heavy atom. The van der Waals surface area contributed by atoms with Crippen LogP contribution in [0.25, 0.3) is 0 Å². The zero-order chi connectivity index (χ0) is 23.7. The van der Waals surface area contributed by atoms with Crippen molar-refractivity contribution in [3.63, 3.8) is 0 Å². The number of aryl methyl sites for hydroxylation is 1. The fraction of sp³-hybridized carbons (Fsp3) is 0.650. The molecule has 0 saturated heterocycles. The molecule has 1 unspecified atom stereocenters. The van der Waals surface area contributed by atoms with E-state index in [0.29, 0.717) is 12.1 Å². The van der Waals surface area contributed by atoms with Crippen molar-refractivity contribution in [2.24, 2.45) is 10.8 Å². The van der Waals surface area contributed by atoms with Gasteiger partial charge in [-0.1, -0.05) is 6.92 Å². The number of esters is 2. The van der Waals surface area contributed by atoms with Crippen molar-refractivity contribution in [1.82, 2.24) is 15.3 Å². The van der Waals surface area contributed by atoms with Crippen LogP contribution < -0.4 is 16.2 Å². The maximum Gasteiger partial charge on any atom is 0.321 e. The first-order valence-corrected chi connectivity index (χ1v) is 10.0. The van der Waals surface area contributed by atoms with Crippen LogP contribution in [0.2, 0.25) is 0 Å². The number of nitrogens with zero attached hydrogens (tertiary/aromatic N) is 1. The maximum absolute atomic E-state index is 12.5. The summed E-state index contributed by atoms with van der Waals surface area (Å²) in [6, 6.07) is 0.675. The molecule has 0 aromatic carbocycles. The van der Waals surface area contributed by atoms with Gasteiger partial charge in [0, 0.05) is 11.8 Å². The van der Waals surface area contributed by atoms with Gasteiger partial charge in [-0.3, -0.25) is 24.7 Å². The first-order chi connectivity index (χ1) is 14.4. The molecular formula is C20H32N4O7. The van der Waals surface area contributed by atoms with E-state index in [9.17, 15) is 19.2 Å². The summed E-state index contributed by atoms with van der Waals surface area (Å²) in [5.41, 5.74) is -1.82. The molecule has 174 valence electrons. The molecule has 1 rings (SSSR count). The molecule has 0 saturated carbocycles. The Morgan fingerprint density at radius 3 is 2.39 bits per heavy atom. The van der Waals surface area contributed by atoms with Crippen LogP contribution in [0.5, 0.6) is 0 Å². The van der Waals surface area contributed by atoms with Gasteiger partial charge in [-0.2, -0.15) is 0 Å². The number of aromatic nitrogens is 2. The van der Waals surface area contributed by atoms with Gasteiger partial charge in [-0.25, -0.2) is 9.78 Å². The molecule has 11 nitrogen and oxygen atoms in total. The van der Waals surface area contributed by atoms with Crippen molar-refractivity contribution >= 4 is 23.9 Å². The number of aliphatic hydroxyl groups is 1. The van der Waals surface area contributed by atoms with E-state index in [1.165, 1.54) is 6.07 Å². The lowest BCUT2D eigenvalue weighted by Gasteiger charge is -2.33. The minimum atomic E-state index is -0.976. The Bertz CT molecular complexity index is 837. The van der Waals surface area contributed by atoms with Gasteiger partial charge in [0.25, 0.3) is 5.56 Å². The molecule has 0 aliphatic carbocycles. The summed E-state index contributed by atoms with van der Waals surface area (Å²) in [7, 11) is 0. The number of urea groups is 1. The molecule has 0 spiro atoms. The van der Waals surface area contributed by atoms with E-state index in [-0.39, 0.29) is 38.7 Å². The van der Waals surface area contributed by atoms with Crippen molar-refractivity contribution in [3.8, 4) is 0 Å². The van der Waals surface area contributed by atoms with Gasteiger partial charge in [0.2, 0.25) is 5.95 Å². The summed E-state index contributed by atoms with van der Waals surface area (Å²) in [5, 5.41) is 13.7. The minimum Gasteiger partial charge on any atom is -0.463 e. The molecule has 31 heavy (non-hydrogen) atoms. The summed E-state index contributed by atoms with van der Waals surface area (Å²) in [6.07, 6.45) is 0.644. The van der Waals surface area contributed by atoms with Crippen LogP contribution in [-0.2, 0) is 19.1 Å². The Balaban J connectivity index is 2.51. The molecule has 1 aromatic heterocycles. The number of hydrogen-bond acceptors (Lipinski definition) is 8. The van der Waals surface area contributed by atoms with Crippen molar-refractivity contribution in [1.29, 1.82) is 0 Å². The highest BCUT2D eigenvalue weighted by Gasteiger charge is 2.42. The van der Waals surface area contributed by atoms with Crippen molar-refractivity contribution in [3.05, 3.63) is 22.1 Å². The average Bonchev–Trinajstić information content (AvgIpc) is 2.67. The number of hydrogen-bond donors (Lipinski definition) is 4. The number of nitrogens with one attached hydrogen (secondary N) is 3. The number of aromatic amines is 1. The van der Waals surface area contributed by atoms with E-state index >= 15 is 0 Å². The Kier molecular flexibility index (Phi) is 9.63. The van der Waals surface area contributed by atoms with Crippen molar-refractivity contribution in [2.75, 3.05) is 31.7 Å². The third kappa shape index (κ3) is 8.36. The predicted octanol–water partition coefficient (Wildman–Crippen LogP) is 1.11. The topological polar surface area (TPSA) is 160 Å². The van der Waals surface area contributed by atoms with Crippen molar-refractivity contribution in [2.45, 2.75) is 47.5 Å². The number of aliphatic hydroxyl groups excluding tert-OH is 1. The van der Waals surface area contributed by atoms with Crippen LogP contribution in [-0.4, -0.2) is 59.4 Å². The van der Waals surface area contributed by atoms with Gasteiger partial charge in [-0.05, 0) is 40.5 Å². The number of H-pyrrole nitrogens is 1. The van der Waals surface area contributed by atoms with Gasteiger partial charge in [0.05, 0.1) is 24.0 Å². The van der Waals surface area contributed by atoms with Crippen LogP contribution in [0, 0.1) is 17.8 Å². The second kappa shape index (κ2) is 11.4. The molecule has 4 N–H and O–H groups in total. The Morgan fingerprint density at radius 1 is 1.16 bits per heavy atom. The van der Waals surface area contributed by atoms with Crippen molar-refractivity contribution < 1.29 is 29.0 Å². The van der Waals surface area contributed by atoms with E-state index in [4.69, 9.17) is 14.6 Å². The number of ether oxygens (including phenoxy) is 2. The zero-order valence-corrected chi connectivity index (χ0v) is 18.7. The van der Waals surface area contributed by atoms with Gasteiger partial charge in [-0.15, -0.1) is 0 Å². The van der Waals surface area contributed by atoms with Crippen LogP contribution in [0.3, 0.4) is 0 Å². The molecule has 2 amide bonds. The molecule has 0 bridgehead atoms. The lowest BCUT2D eigenvalue weighted by Crippen LogP contribution is -2.40. The summed E-state index contributed by atoms with van der Waals surface area (Å²) in [4.78, 5) is 54.4. The molecular weight excluding hydrogens is 408 g/mol. The van der Waals surface area contributed by atoms with E-state index in [1.807, 2.05) is 6.92 Å². The molecule has 1 aromatic rings. The normalized spacial score (nSPS) is 13.1. The van der Waals surface area contributed by atoms with Crippen LogP contribution in [0.4, 0.5) is 10.7 Å². The number of carbonyl (C=O) groups is 3. The minimum absolute atomic E-state index is 0.00700. The number of rotatable bonds is 11. The quantitative estimate of drug-likeness (QED) is 0.294. The van der Waals surface area contributed by atoms with Crippen LogP contribution >= 0.6 is 0 Å². The largest absolute Gasteiger partial charge is 0.463 e. The summed E-state index contributed by atoms with van der Waals surface area (Å²) < 4.78 is 10.3. The zero-order valence-electron chi connectivity index (χ0n) is 18.7. The smallest absolute Gasteiger partial charge is 0.321 e. The summed E-state index contributed by atoms with van der Waals surface area (Å²) >= 11 is 0. The summed E-state index contributed by atoms with van der Waals surface area (Å²) in [6.45, 7) is 8.07. The predicted molar refractivity (Wildman–Crippen MR) is 112 cm³/mol. The Hall–Kier alpha value is -2.95. The number of carbonyl (C=O) groups excluding carboxylic acids is 3. The highest BCUT2D eigenvalue weighted by Crippen LogP contribution is 2.38. The first-order valence-electron chi connectivity index (χ1n) is 10.0. The molecule has 0 fully saturated rings. The fourth-order valence-electron chi connectivity index (χ4n) is 3.00. The number of amides is 2. The maximum atomic E-state index is 12.5. The third-order valence-corrected chi connectivity index (χ3v) is 4.70. The second-order valence-electron chi connectivity index (χ2n) is 8.09. The lowest BCUT2D eigenvalue weighted by molar-refractivity contribution is -0.163. The second-order valence-corrected chi connectivity index (χ2v) is 8.09. The fourth-order valence-corrected chi connectivity index (χ4v) is 3.00. The third-order valence-electron chi connectivity index (χ3n) is 4.70. The standard InChI is InChI=1S/C20H32N4O7/c1-6-20(5,16(28)31-10-8-25)12-19(3,4)15(27)30-9-7-21-18(29)24-17-22-13(2)11-14(26)23-17/h11,25H,6-10,12H2,1-5H3,(H3,21,22,23,24,26,29). The molecule has 0 radical (unpaired) electrons. The highest BCUT2D eigenvalue weighted by molar-refractivity contribution is 5.87. The van der Waals surface area contributed by atoms with Gasteiger partial charge in [0.1, 0.15) is 13.2 Å². The van der Waals surface area contributed by atoms with E-state index < -0.39 is 34.4 Å². The van der Waals surface area contributed by atoms with Gasteiger partial charge in [0.15, 0.2) is 0 Å². The molecule has 1 heterocycles.